The Morgan fingerprint density at radius 2 is 2.07 bits per heavy atom. The van der Waals surface area contributed by atoms with Crippen molar-refractivity contribution >= 4 is 16.6 Å². The molecule has 2 fully saturated rings. The standard InChI is InChI=1S/C20H24N6O3/c1-14-23-19(24-29-14)11-25-5-7-26(8-6-25)15-2-3-18-17(10-15)20(22-13-21-18)28-16-4-9-27-12-16/h2-3,10,13,16H,4-9,11-12H2,1H3. The molecule has 0 spiro atoms. The van der Waals surface area contributed by atoms with E-state index >= 15 is 0 Å². The minimum atomic E-state index is 0.0640. The first kappa shape index (κ1) is 18.3. The van der Waals surface area contributed by atoms with Crippen LogP contribution in [0.25, 0.3) is 10.9 Å². The summed E-state index contributed by atoms with van der Waals surface area (Å²) < 4.78 is 16.6. The summed E-state index contributed by atoms with van der Waals surface area (Å²) in [6, 6.07) is 6.30. The van der Waals surface area contributed by atoms with Crippen LogP contribution < -0.4 is 9.64 Å². The molecule has 1 aromatic carbocycles. The Hall–Kier alpha value is -2.78. The molecule has 2 aliphatic rings. The normalized spacial score (nSPS) is 20.4. The van der Waals surface area contributed by atoms with Crippen molar-refractivity contribution in [3.63, 3.8) is 0 Å². The van der Waals surface area contributed by atoms with Crippen molar-refractivity contribution < 1.29 is 14.0 Å². The molecule has 0 saturated carbocycles. The maximum atomic E-state index is 6.09. The lowest BCUT2D eigenvalue weighted by Crippen LogP contribution is -2.46. The smallest absolute Gasteiger partial charge is 0.224 e. The molecule has 9 nitrogen and oxygen atoms in total. The third kappa shape index (κ3) is 4.01. The van der Waals surface area contributed by atoms with Gasteiger partial charge in [0.05, 0.1) is 30.7 Å². The van der Waals surface area contributed by atoms with Crippen LogP contribution in [-0.4, -0.2) is 70.5 Å². The number of benzene rings is 1. The van der Waals surface area contributed by atoms with E-state index in [-0.39, 0.29) is 6.10 Å². The second-order valence-corrected chi connectivity index (χ2v) is 7.48. The molecule has 0 amide bonds. The van der Waals surface area contributed by atoms with Gasteiger partial charge in [0.25, 0.3) is 0 Å². The lowest BCUT2D eigenvalue weighted by atomic mass is 10.2. The van der Waals surface area contributed by atoms with Crippen LogP contribution in [0, 0.1) is 6.92 Å². The van der Waals surface area contributed by atoms with Crippen LogP contribution in [-0.2, 0) is 11.3 Å². The van der Waals surface area contributed by atoms with Gasteiger partial charge < -0.3 is 18.9 Å². The van der Waals surface area contributed by atoms with Crippen molar-refractivity contribution in [2.24, 2.45) is 0 Å². The third-order valence-corrected chi connectivity index (χ3v) is 5.42. The topological polar surface area (TPSA) is 89.6 Å². The summed E-state index contributed by atoms with van der Waals surface area (Å²) in [5.74, 6) is 1.99. The number of rotatable bonds is 5. The zero-order valence-corrected chi connectivity index (χ0v) is 16.5. The Bertz CT molecular complexity index is 979. The summed E-state index contributed by atoms with van der Waals surface area (Å²) in [6.07, 6.45) is 2.52. The highest BCUT2D eigenvalue weighted by atomic mass is 16.5. The van der Waals surface area contributed by atoms with Crippen molar-refractivity contribution in [3.05, 3.63) is 36.2 Å². The van der Waals surface area contributed by atoms with E-state index in [0.717, 1.165) is 68.2 Å². The summed E-state index contributed by atoms with van der Waals surface area (Å²) in [4.78, 5) is 17.8. The number of aryl methyl sites for hydroxylation is 1. The Labute approximate surface area is 168 Å². The molecule has 0 N–H and O–H groups in total. The van der Waals surface area contributed by atoms with Gasteiger partial charge in [0.15, 0.2) is 5.82 Å². The van der Waals surface area contributed by atoms with Gasteiger partial charge in [0.1, 0.15) is 12.4 Å². The van der Waals surface area contributed by atoms with E-state index in [4.69, 9.17) is 14.0 Å². The molecule has 29 heavy (non-hydrogen) atoms. The minimum Gasteiger partial charge on any atom is -0.471 e. The summed E-state index contributed by atoms with van der Waals surface area (Å²) >= 11 is 0. The highest BCUT2D eigenvalue weighted by Gasteiger charge is 2.21. The van der Waals surface area contributed by atoms with Crippen LogP contribution in [0.3, 0.4) is 0 Å². The molecule has 5 rings (SSSR count). The molecule has 0 bridgehead atoms. The van der Waals surface area contributed by atoms with Crippen molar-refractivity contribution in [1.82, 2.24) is 25.0 Å². The highest BCUT2D eigenvalue weighted by molar-refractivity contribution is 5.86. The van der Waals surface area contributed by atoms with Gasteiger partial charge in [0.2, 0.25) is 11.8 Å². The number of nitrogens with zero attached hydrogens (tertiary/aromatic N) is 6. The number of anilines is 1. The highest BCUT2D eigenvalue weighted by Crippen LogP contribution is 2.29. The van der Waals surface area contributed by atoms with Crippen molar-refractivity contribution in [3.8, 4) is 5.88 Å². The van der Waals surface area contributed by atoms with E-state index in [1.54, 1.807) is 6.33 Å². The number of fused-ring (bicyclic) bond motifs is 1. The van der Waals surface area contributed by atoms with Gasteiger partial charge in [-0.3, -0.25) is 4.90 Å². The average molecular weight is 396 g/mol. The summed E-state index contributed by atoms with van der Waals surface area (Å²) in [5.41, 5.74) is 2.05. The van der Waals surface area contributed by atoms with Crippen LogP contribution in [0.5, 0.6) is 5.88 Å². The maximum Gasteiger partial charge on any atom is 0.224 e. The first-order chi connectivity index (χ1) is 14.2. The monoisotopic (exact) mass is 396 g/mol. The van der Waals surface area contributed by atoms with Crippen molar-refractivity contribution in [1.29, 1.82) is 0 Å². The van der Waals surface area contributed by atoms with Crippen molar-refractivity contribution in [2.45, 2.75) is 26.0 Å². The fourth-order valence-corrected chi connectivity index (χ4v) is 3.84. The molecule has 1 unspecified atom stereocenters. The second-order valence-electron chi connectivity index (χ2n) is 7.48. The Kier molecular flexibility index (Phi) is 4.99. The third-order valence-electron chi connectivity index (χ3n) is 5.42. The number of piperazine rings is 1. The van der Waals surface area contributed by atoms with Gasteiger partial charge in [-0.1, -0.05) is 5.16 Å². The quantitative estimate of drug-likeness (QED) is 0.640. The predicted molar refractivity (Wildman–Crippen MR) is 106 cm³/mol. The molecule has 2 aliphatic heterocycles. The second kappa shape index (κ2) is 7.92. The van der Waals surface area contributed by atoms with E-state index in [1.165, 1.54) is 0 Å². The first-order valence-electron chi connectivity index (χ1n) is 10.0. The van der Waals surface area contributed by atoms with Gasteiger partial charge in [-0.2, -0.15) is 4.98 Å². The largest absolute Gasteiger partial charge is 0.471 e. The molecule has 0 radical (unpaired) electrons. The molecule has 0 aliphatic carbocycles. The number of ether oxygens (including phenoxy) is 2. The maximum absolute atomic E-state index is 6.09. The summed E-state index contributed by atoms with van der Waals surface area (Å²) in [5, 5.41) is 4.94. The predicted octanol–water partition coefficient (Wildman–Crippen LogP) is 1.81. The van der Waals surface area contributed by atoms with Crippen LogP contribution in [0.4, 0.5) is 5.69 Å². The Balaban J connectivity index is 1.29. The molecule has 9 heteroatoms. The SMILES string of the molecule is Cc1nc(CN2CCN(c3ccc4ncnc(OC5CCOC5)c4c3)CC2)no1. The zero-order chi connectivity index (χ0) is 19.6. The molecule has 2 saturated heterocycles. The van der Waals surface area contributed by atoms with Gasteiger partial charge in [-0.15, -0.1) is 0 Å². The molecule has 152 valence electrons. The van der Waals surface area contributed by atoms with Crippen LogP contribution in [0.1, 0.15) is 18.1 Å². The van der Waals surface area contributed by atoms with Gasteiger partial charge in [0, 0.05) is 45.2 Å². The lowest BCUT2D eigenvalue weighted by Gasteiger charge is -2.35. The lowest BCUT2D eigenvalue weighted by molar-refractivity contribution is 0.139. The first-order valence-corrected chi connectivity index (χ1v) is 10.0. The van der Waals surface area contributed by atoms with Crippen LogP contribution >= 0.6 is 0 Å². The zero-order valence-electron chi connectivity index (χ0n) is 16.5. The average Bonchev–Trinajstić information content (AvgIpc) is 3.40. The van der Waals surface area contributed by atoms with E-state index < -0.39 is 0 Å². The van der Waals surface area contributed by atoms with E-state index in [1.807, 2.05) is 13.0 Å². The molecule has 4 heterocycles. The molecule has 2 aromatic heterocycles. The molecular formula is C20H24N6O3. The number of aromatic nitrogens is 4. The number of hydrogen-bond donors (Lipinski definition) is 0. The minimum absolute atomic E-state index is 0.0640. The fraction of sp³-hybridized carbons (Fsp3) is 0.500. The Morgan fingerprint density at radius 3 is 2.83 bits per heavy atom. The van der Waals surface area contributed by atoms with Gasteiger partial charge in [-0.25, -0.2) is 9.97 Å². The Morgan fingerprint density at radius 1 is 1.17 bits per heavy atom. The van der Waals surface area contributed by atoms with Gasteiger partial charge in [-0.05, 0) is 18.2 Å². The number of hydrogen-bond acceptors (Lipinski definition) is 9. The fourth-order valence-electron chi connectivity index (χ4n) is 3.84. The summed E-state index contributed by atoms with van der Waals surface area (Å²) in [7, 11) is 0. The van der Waals surface area contributed by atoms with E-state index in [9.17, 15) is 0 Å². The molecule has 1 atom stereocenters. The van der Waals surface area contributed by atoms with Gasteiger partial charge >= 0.3 is 0 Å². The van der Waals surface area contributed by atoms with E-state index in [0.29, 0.717) is 18.4 Å². The van der Waals surface area contributed by atoms with E-state index in [2.05, 4.69) is 42.0 Å². The van der Waals surface area contributed by atoms with Crippen LogP contribution in [0.2, 0.25) is 0 Å². The molecular weight excluding hydrogens is 372 g/mol. The summed E-state index contributed by atoms with van der Waals surface area (Å²) in [6.45, 7) is 7.65. The van der Waals surface area contributed by atoms with Crippen LogP contribution in [0.15, 0.2) is 29.0 Å². The van der Waals surface area contributed by atoms with Crippen molar-refractivity contribution in [2.75, 3.05) is 44.3 Å². The molecule has 3 aromatic rings.